The van der Waals surface area contributed by atoms with Gasteiger partial charge < -0.3 is 9.84 Å². The molecule has 0 amide bonds. The molecule has 5 nitrogen and oxygen atoms in total. The summed E-state index contributed by atoms with van der Waals surface area (Å²) < 4.78 is 4.87. The van der Waals surface area contributed by atoms with Crippen molar-refractivity contribution in [2.45, 2.75) is 38.4 Å². The molecular formula is C16H22N4O. The number of rotatable bonds is 4. The fraction of sp³-hybridized carbons (Fsp3) is 0.500. The highest BCUT2D eigenvalue weighted by Gasteiger charge is 2.35. The predicted octanol–water partition coefficient (Wildman–Crippen LogP) is 2.38. The zero-order chi connectivity index (χ0) is 14.7. The van der Waals surface area contributed by atoms with Crippen LogP contribution in [0.15, 0.2) is 41.2 Å². The van der Waals surface area contributed by atoms with E-state index < -0.39 is 0 Å². The van der Waals surface area contributed by atoms with Gasteiger partial charge in [0.25, 0.3) is 0 Å². The number of benzene rings is 1. The fourth-order valence-corrected chi connectivity index (χ4v) is 2.94. The number of piperazine rings is 1. The normalized spacial score (nSPS) is 26.9. The van der Waals surface area contributed by atoms with Crippen molar-refractivity contribution in [3.8, 4) is 0 Å². The van der Waals surface area contributed by atoms with Crippen molar-refractivity contribution in [1.82, 2.24) is 20.4 Å². The molecule has 0 saturated carbocycles. The van der Waals surface area contributed by atoms with Crippen molar-refractivity contribution in [2.24, 2.45) is 0 Å². The van der Waals surface area contributed by atoms with Gasteiger partial charge >= 0.3 is 0 Å². The fourth-order valence-electron chi connectivity index (χ4n) is 2.94. The van der Waals surface area contributed by atoms with Gasteiger partial charge in [-0.1, -0.05) is 42.4 Å². The number of nitrogens with zero attached hydrogens (tertiary/aromatic N) is 3. The molecule has 2 unspecified atom stereocenters. The van der Waals surface area contributed by atoms with Crippen molar-refractivity contribution in [3.05, 3.63) is 48.1 Å². The number of aromatic nitrogens is 2. The van der Waals surface area contributed by atoms with Crippen molar-refractivity contribution in [2.75, 3.05) is 13.1 Å². The molecule has 1 fully saturated rings. The molecule has 1 aromatic carbocycles. The Bertz CT molecular complexity index is 557. The Morgan fingerprint density at radius 1 is 1.38 bits per heavy atom. The van der Waals surface area contributed by atoms with Crippen molar-refractivity contribution in [1.29, 1.82) is 0 Å². The first kappa shape index (κ1) is 14.2. The Kier molecular flexibility index (Phi) is 4.03. The molecule has 0 aliphatic carbocycles. The molecular weight excluding hydrogens is 264 g/mol. The Morgan fingerprint density at radius 2 is 2.19 bits per heavy atom. The molecule has 2 atom stereocenters. The molecule has 1 aliphatic rings. The van der Waals surface area contributed by atoms with Crippen LogP contribution in [0.3, 0.4) is 0 Å². The molecule has 1 saturated heterocycles. The molecule has 2 aromatic rings. The number of hydrogen-bond donors (Lipinski definition) is 1. The van der Waals surface area contributed by atoms with Crippen LogP contribution in [0.25, 0.3) is 0 Å². The van der Waals surface area contributed by atoms with Crippen LogP contribution in [-0.4, -0.2) is 33.7 Å². The average molecular weight is 286 g/mol. The molecule has 0 spiro atoms. The molecule has 5 heteroatoms. The standard InChI is InChI=1S/C16H22N4O/c1-3-16(2)11-20(10-15-17-12-21-19-15)14(9-18-16)13-7-5-4-6-8-13/h4-8,12,14,18H,3,9-11H2,1-2H3. The molecule has 1 N–H and O–H groups in total. The summed E-state index contributed by atoms with van der Waals surface area (Å²) in [4.78, 5) is 6.62. The van der Waals surface area contributed by atoms with Gasteiger partial charge in [-0.15, -0.1) is 0 Å². The van der Waals surface area contributed by atoms with E-state index in [0.717, 1.165) is 25.3 Å². The molecule has 1 aromatic heterocycles. The van der Waals surface area contributed by atoms with Crippen LogP contribution in [0.4, 0.5) is 0 Å². The van der Waals surface area contributed by atoms with Crippen LogP contribution in [0.1, 0.15) is 37.7 Å². The second-order valence-corrected chi connectivity index (χ2v) is 5.97. The first-order chi connectivity index (χ1) is 10.2. The lowest BCUT2D eigenvalue weighted by Gasteiger charge is -2.45. The smallest absolute Gasteiger partial charge is 0.213 e. The lowest BCUT2D eigenvalue weighted by molar-refractivity contribution is 0.0743. The van der Waals surface area contributed by atoms with Gasteiger partial charge in [-0.05, 0) is 18.9 Å². The topological polar surface area (TPSA) is 54.2 Å². The molecule has 2 heterocycles. The van der Waals surface area contributed by atoms with E-state index in [1.54, 1.807) is 0 Å². The SMILES string of the molecule is CCC1(C)CN(Cc2ncon2)C(c2ccccc2)CN1. The van der Waals surface area contributed by atoms with Gasteiger partial charge in [0.1, 0.15) is 0 Å². The van der Waals surface area contributed by atoms with Gasteiger partial charge in [-0.25, -0.2) is 0 Å². The largest absolute Gasteiger partial charge is 0.343 e. The molecule has 1 aliphatic heterocycles. The third-order valence-corrected chi connectivity index (χ3v) is 4.43. The maximum atomic E-state index is 4.87. The highest BCUT2D eigenvalue weighted by atomic mass is 16.5. The monoisotopic (exact) mass is 286 g/mol. The van der Waals surface area contributed by atoms with E-state index in [9.17, 15) is 0 Å². The van der Waals surface area contributed by atoms with E-state index in [0.29, 0.717) is 12.6 Å². The maximum Gasteiger partial charge on any atom is 0.213 e. The van der Waals surface area contributed by atoms with Crippen molar-refractivity contribution >= 4 is 0 Å². The average Bonchev–Trinajstić information content (AvgIpc) is 3.01. The van der Waals surface area contributed by atoms with Gasteiger partial charge in [0.15, 0.2) is 5.82 Å². The van der Waals surface area contributed by atoms with Gasteiger partial charge in [-0.2, -0.15) is 4.98 Å². The predicted molar refractivity (Wildman–Crippen MR) is 80.6 cm³/mol. The second-order valence-electron chi connectivity index (χ2n) is 5.97. The molecule has 21 heavy (non-hydrogen) atoms. The van der Waals surface area contributed by atoms with Gasteiger partial charge in [0, 0.05) is 24.7 Å². The lowest BCUT2D eigenvalue weighted by atomic mass is 9.91. The van der Waals surface area contributed by atoms with E-state index >= 15 is 0 Å². The van der Waals surface area contributed by atoms with Crippen LogP contribution in [0.2, 0.25) is 0 Å². The number of hydrogen-bond acceptors (Lipinski definition) is 5. The first-order valence-electron chi connectivity index (χ1n) is 7.49. The highest BCUT2D eigenvalue weighted by Crippen LogP contribution is 2.29. The summed E-state index contributed by atoms with van der Waals surface area (Å²) in [6.07, 6.45) is 2.49. The molecule has 112 valence electrons. The van der Waals surface area contributed by atoms with E-state index in [1.165, 1.54) is 12.0 Å². The maximum absolute atomic E-state index is 4.87. The second kappa shape index (κ2) is 5.95. The van der Waals surface area contributed by atoms with E-state index in [2.05, 4.69) is 64.5 Å². The summed E-state index contributed by atoms with van der Waals surface area (Å²) in [6.45, 7) is 7.12. The van der Waals surface area contributed by atoms with Crippen molar-refractivity contribution < 1.29 is 4.52 Å². The van der Waals surface area contributed by atoms with E-state index in [4.69, 9.17) is 4.52 Å². The lowest BCUT2D eigenvalue weighted by Crippen LogP contribution is -2.59. The highest BCUT2D eigenvalue weighted by molar-refractivity contribution is 5.21. The Hall–Kier alpha value is -1.72. The zero-order valence-corrected chi connectivity index (χ0v) is 12.6. The van der Waals surface area contributed by atoms with Gasteiger partial charge in [0.2, 0.25) is 6.39 Å². The third-order valence-electron chi connectivity index (χ3n) is 4.43. The number of nitrogens with one attached hydrogen (secondary N) is 1. The summed E-state index contributed by atoms with van der Waals surface area (Å²) in [5.74, 6) is 0.747. The molecule has 0 bridgehead atoms. The summed E-state index contributed by atoms with van der Waals surface area (Å²) in [5, 5.41) is 7.66. The van der Waals surface area contributed by atoms with Crippen molar-refractivity contribution in [3.63, 3.8) is 0 Å². The quantitative estimate of drug-likeness (QED) is 0.935. The van der Waals surface area contributed by atoms with Gasteiger partial charge in [0.05, 0.1) is 6.54 Å². The van der Waals surface area contributed by atoms with Crippen LogP contribution >= 0.6 is 0 Å². The minimum Gasteiger partial charge on any atom is -0.343 e. The third kappa shape index (κ3) is 3.14. The summed E-state index contributed by atoms with van der Waals surface area (Å²) in [5.41, 5.74) is 1.46. The summed E-state index contributed by atoms with van der Waals surface area (Å²) in [7, 11) is 0. The van der Waals surface area contributed by atoms with Crippen LogP contribution < -0.4 is 5.32 Å². The minimum absolute atomic E-state index is 0.134. The summed E-state index contributed by atoms with van der Waals surface area (Å²) in [6, 6.07) is 10.9. The zero-order valence-electron chi connectivity index (χ0n) is 12.6. The Balaban J connectivity index is 1.84. The van der Waals surface area contributed by atoms with Crippen LogP contribution in [0, 0.1) is 0 Å². The minimum atomic E-state index is 0.134. The van der Waals surface area contributed by atoms with Gasteiger partial charge in [-0.3, -0.25) is 4.90 Å². The molecule has 3 rings (SSSR count). The van der Waals surface area contributed by atoms with Crippen LogP contribution in [0.5, 0.6) is 0 Å². The van der Waals surface area contributed by atoms with E-state index in [-0.39, 0.29) is 5.54 Å². The van der Waals surface area contributed by atoms with Crippen LogP contribution in [-0.2, 0) is 6.54 Å². The Labute approximate surface area is 125 Å². The Morgan fingerprint density at radius 3 is 2.86 bits per heavy atom. The first-order valence-corrected chi connectivity index (χ1v) is 7.49. The molecule has 0 radical (unpaired) electrons. The van der Waals surface area contributed by atoms with E-state index in [1.807, 2.05) is 0 Å². The summed E-state index contributed by atoms with van der Waals surface area (Å²) >= 11 is 0.